The van der Waals surface area contributed by atoms with Gasteiger partial charge in [-0.25, -0.2) is 4.79 Å². The van der Waals surface area contributed by atoms with Crippen LogP contribution in [0.25, 0.3) is 0 Å². The summed E-state index contributed by atoms with van der Waals surface area (Å²) in [4.78, 5) is 15.1. The maximum atomic E-state index is 12.6. The van der Waals surface area contributed by atoms with Crippen molar-refractivity contribution < 1.29 is 18.8 Å². The number of benzene rings is 1. The lowest BCUT2D eigenvalue weighted by molar-refractivity contribution is 0.156. The molecule has 31 heavy (non-hydrogen) atoms. The van der Waals surface area contributed by atoms with Crippen molar-refractivity contribution in [2.45, 2.75) is 57.0 Å². The second-order valence-electron chi connectivity index (χ2n) is 8.74. The zero-order chi connectivity index (χ0) is 22.2. The van der Waals surface area contributed by atoms with Gasteiger partial charge in [0.15, 0.2) is 17.3 Å². The number of hydrogen-bond donors (Lipinski definition) is 2. The third-order valence-corrected chi connectivity index (χ3v) is 7.09. The van der Waals surface area contributed by atoms with Crippen LogP contribution in [0.3, 0.4) is 0 Å². The van der Waals surface area contributed by atoms with Crippen LogP contribution in [0.2, 0.25) is 0 Å². The molecule has 1 aliphatic carbocycles. The third-order valence-electron chi connectivity index (χ3n) is 7.09. The van der Waals surface area contributed by atoms with Crippen LogP contribution in [0.1, 0.15) is 42.7 Å². The summed E-state index contributed by atoms with van der Waals surface area (Å²) in [6, 6.07) is 6.55. The van der Waals surface area contributed by atoms with Gasteiger partial charge in [0.05, 0.1) is 14.2 Å². The largest absolute Gasteiger partial charge is 0.493 e. The summed E-state index contributed by atoms with van der Waals surface area (Å²) < 4.78 is 16.1. The molecule has 168 valence electrons. The predicted octanol–water partition coefficient (Wildman–Crippen LogP) is 3.62. The normalized spacial score (nSPS) is 25.7. The van der Waals surface area contributed by atoms with Crippen molar-refractivity contribution in [3.8, 4) is 11.5 Å². The van der Waals surface area contributed by atoms with Crippen molar-refractivity contribution in [3.63, 3.8) is 0 Å². The Morgan fingerprint density at radius 1 is 1.23 bits per heavy atom. The number of aromatic nitrogens is 1. The number of methoxy groups -OCH3 is 2. The van der Waals surface area contributed by atoms with E-state index < -0.39 is 0 Å². The Labute approximate surface area is 183 Å². The Bertz CT molecular complexity index is 940. The molecule has 2 fully saturated rings. The summed E-state index contributed by atoms with van der Waals surface area (Å²) in [5, 5.41) is 9.95. The highest BCUT2D eigenvalue weighted by molar-refractivity contribution is 5.90. The molecule has 0 radical (unpaired) electrons. The molecule has 2 N–H and O–H groups in total. The van der Waals surface area contributed by atoms with Crippen molar-refractivity contribution in [3.05, 3.63) is 35.2 Å². The van der Waals surface area contributed by atoms with Gasteiger partial charge in [-0.15, -0.1) is 0 Å². The Balaban J connectivity index is 1.50. The van der Waals surface area contributed by atoms with Gasteiger partial charge in [-0.3, -0.25) is 0 Å². The van der Waals surface area contributed by atoms with E-state index in [0.717, 1.165) is 43.7 Å². The van der Waals surface area contributed by atoms with Gasteiger partial charge in [-0.05, 0) is 70.8 Å². The van der Waals surface area contributed by atoms with Crippen molar-refractivity contribution in [1.82, 2.24) is 15.4 Å². The van der Waals surface area contributed by atoms with Crippen molar-refractivity contribution in [1.29, 1.82) is 0 Å². The molecule has 2 aliphatic rings. The first-order chi connectivity index (χ1) is 14.9. The average molecular weight is 429 g/mol. The Morgan fingerprint density at radius 2 is 2.00 bits per heavy atom. The number of carbonyl (C=O) groups is 1. The summed E-state index contributed by atoms with van der Waals surface area (Å²) >= 11 is 0. The highest BCUT2D eigenvalue weighted by atomic mass is 16.5. The summed E-state index contributed by atoms with van der Waals surface area (Å²) in [5.74, 6) is 2.12. The maximum absolute atomic E-state index is 12.6. The molecule has 4 rings (SSSR count). The smallest absolute Gasteiger partial charge is 0.319 e. The van der Waals surface area contributed by atoms with E-state index in [1.807, 2.05) is 13.0 Å². The van der Waals surface area contributed by atoms with Crippen LogP contribution in [0.4, 0.5) is 10.5 Å². The van der Waals surface area contributed by atoms with E-state index in [1.165, 1.54) is 5.56 Å². The summed E-state index contributed by atoms with van der Waals surface area (Å²) in [5.41, 5.74) is 2.67. The number of fused-ring (bicyclic) bond motifs is 1. The molecule has 1 saturated carbocycles. The fourth-order valence-corrected chi connectivity index (χ4v) is 5.39. The number of carbonyl (C=O) groups excluding carboxylic acids is 1. The molecule has 0 unspecified atom stereocenters. The standard InChI is InChI=1S/C23H32N4O4/c1-14-21(15(2)31-26-14)25-22(28)24-17-8-9-23(10-11-27(3)20(23)13-17)16-6-7-18(29-4)19(12-16)30-5/h6-7,12,17,20H,8-11,13H2,1-5H3,(H2,24,25,28)/t17-,20+,23+/m1/s1. The molecule has 2 amide bonds. The second kappa shape index (κ2) is 8.42. The van der Waals surface area contributed by atoms with E-state index in [1.54, 1.807) is 21.1 Å². The highest BCUT2D eigenvalue weighted by Crippen LogP contribution is 2.49. The lowest BCUT2D eigenvalue weighted by Crippen LogP contribution is -2.52. The lowest BCUT2D eigenvalue weighted by atomic mass is 9.65. The number of rotatable bonds is 5. The molecule has 2 heterocycles. The molecule has 1 aromatic carbocycles. The zero-order valence-corrected chi connectivity index (χ0v) is 18.9. The van der Waals surface area contributed by atoms with Gasteiger partial charge in [-0.1, -0.05) is 11.2 Å². The number of amides is 2. The third kappa shape index (κ3) is 3.84. The molecule has 8 nitrogen and oxygen atoms in total. The molecular formula is C23H32N4O4. The minimum absolute atomic E-state index is 0.0601. The molecule has 0 bridgehead atoms. The first-order valence-corrected chi connectivity index (χ1v) is 10.8. The molecule has 8 heteroatoms. The van der Waals surface area contributed by atoms with Crippen LogP contribution in [0, 0.1) is 13.8 Å². The van der Waals surface area contributed by atoms with Gasteiger partial charge in [0.1, 0.15) is 11.4 Å². The van der Waals surface area contributed by atoms with E-state index in [-0.39, 0.29) is 17.5 Å². The number of likely N-dealkylation sites (tertiary alicyclic amines) is 1. The summed E-state index contributed by atoms with van der Waals surface area (Å²) in [6.07, 6.45) is 3.93. The highest BCUT2D eigenvalue weighted by Gasteiger charge is 2.50. The van der Waals surface area contributed by atoms with E-state index in [9.17, 15) is 4.79 Å². The Morgan fingerprint density at radius 3 is 2.68 bits per heavy atom. The Hall–Kier alpha value is -2.74. The number of likely N-dealkylation sites (N-methyl/N-ethyl adjacent to an activating group) is 1. The van der Waals surface area contributed by atoms with Gasteiger partial charge in [-0.2, -0.15) is 0 Å². The molecular weight excluding hydrogens is 396 g/mol. The summed E-state index contributed by atoms with van der Waals surface area (Å²) in [6.45, 7) is 4.65. The van der Waals surface area contributed by atoms with Gasteiger partial charge >= 0.3 is 6.03 Å². The van der Waals surface area contributed by atoms with E-state index in [0.29, 0.717) is 23.2 Å². The Kier molecular flexibility index (Phi) is 5.83. The van der Waals surface area contributed by atoms with Crippen LogP contribution in [-0.2, 0) is 5.41 Å². The minimum atomic E-state index is -0.210. The number of urea groups is 1. The van der Waals surface area contributed by atoms with Gasteiger partial charge < -0.3 is 29.5 Å². The number of aryl methyl sites for hydroxylation is 2. The predicted molar refractivity (Wildman–Crippen MR) is 118 cm³/mol. The van der Waals surface area contributed by atoms with E-state index >= 15 is 0 Å². The number of hydrogen-bond acceptors (Lipinski definition) is 6. The first-order valence-electron chi connectivity index (χ1n) is 10.8. The number of anilines is 1. The van der Waals surface area contributed by atoms with E-state index in [2.05, 4.69) is 39.9 Å². The maximum Gasteiger partial charge on any atom is 0.319 e. The molecule has 0 spiro atoms. The van der Waals surface area contributed by atoms with Crippen LogP contribution < -0.4 is 20.1 Å². The van der Waals surface area contributed by atoms with Gasteiger partial charge in [0, 0.05) is 17.5 Å². The molecule has 2 aromatic rings. The quantitative estimate of drug-likeness (QED) is 0.756. The topological polar surface area (TPSA) is 88.9 Å². The second-order valence-corrected chi connectivity index (χ2v) is 8.74. The number of ether oxygens (including phenoxy) is 2. The van der Waals surface area contributed by atoms with Crippen molar-refractivity contribution >= 4 is 11.7 Å². The van der Waals surface area contributed by atoms with Crippen molar-refractivity contribution in [2.75, 3.05) is 33.1 Å². The molecule has 3 atom stereocenters. The zero-order valence-electron chi connectivity index (χ0n) is 18.9. The lowest BCUT2D eigenvalue weighted by Gasteiger charge is -2.45. The van der Waals surface area contributed by atoms with Crippen LogP contribution in [0.5, 0.6) is 11.5 Å². The van der Waals surface area contributed by atoms with Crippen LogP contribution in [0.15, 0.2) is 22.7 Å². The molecule has 1 aliphatic heterocycles. The fourth-order valence-electron chi connectivity index (χ4n) is 5.39. The molecule has 1 aromatic heterocycles. The fraction of sp³-hybridized carbons (Fsp3) is 0.565. The van der Waals surface area contributed by atoms with Gasteiger partial charge in [0.2, 0.25) is 0 Å². The monoisotopic (exact) mass is 428 g/mol. The minimum Gasteiger partial charge on any atom is -0.493 e. The van der Waals surface area contributed by atoms with E-state index in [4.69, 9.17) is 14.0 Å². The summed E-state index contributed by atoms with van der Waals surface area (Å²) in [7, 11) is 5.52. The van der Waals surface area contributed by atoms with Crippen LogP contribution in [-0.4, -0.2) is 56.0 Å². The van der Waals surface area contributed by atoms with Gasteiger partial charge in [0.25, 0.3) is 0 Å². The number of nitrogens with one attached hydrogen (secondary N) is 2. The van der Waals surface area contributed by atoms with Crippen LogP contribution >= 0.6 is 0 Å². The number of nitrogens with zero attached hydrogens (tertiary/aromatic N) is 2. The average Bonchev–Trinajstić information content (AvgIpc) is 3.27. The first kappa shape index (κ1) is 21.5. The SMILES string of the molecule is COc1ccc([C@@]23CC[C@@H](NC(=O)Nc4c(C)noc4C)C[C@@H]2N(C)CC3)cc1OC. The van der Waals surface area contributed by atoms with Crippen molar-refractivity contribution in [2.24, 2.45) is 0 Å². The molecule has 1 saturated heterocycles.